The van der Waals surface area contributed by atoms with E-state index in [0.717, 1.165) is 22.3 Å². The van der Waals surface area contributed by atoms with Crippen LogP contribution in [0, 0.1) is 20.8 Å². The number of amides is 1. The molecule has 0 aliphatic rings. The van der Waals surface area contributed by atoms with Gasteiger partial charge in [0.05, 0.1) is 18.3 Å². The number of carbonyl (C=O) groups is 1. The molecule has 0 aliphatic heterocycles. The maximum atomic E-state index is 12.4. The van der Waals surface area contributed by atoms with Crippen molar-refractivity contribution in [2.75, 3.05) is 5.32 Å². The van der Waals surface area contributed by atoms with Crippen LogP contribution in [0.2, 0.25) is 0 Å². The highest BCUT2D eigenvalue weighted by molar-refractivity contribution is 5.92. The quantitative estimate of drug-likeness (QED) is 0.795. The SMILES string of the molecule is Cc1cc(C)c(NC(=O)CCn2ncc(=O)c3ccccc32)c(C)c1. The predicted molar refractivity (Wildman–Crippen MR) is 99.9 cm³/mol. The van der Waals surface area contributed by atoms with Crippen LogP contribution < -0.4 is 10.7 Å². The van der Waals surface area contributed by atoms with E-state index in [2.05, 4.69) is 22.5 Å². The third-order valence-electron chi connectivity index (χ3n) is 4.25. The second-order valence-electron chi connectivity index (χ2n) is 6.32. The number of hydrogen-bond acceptors (Lipinski definition) is 3. The Bertz CT molecular complexity index is 982. The van der Waals surface area contributed by atoms with Gasteiger partial charge in [-0.15, -0.1) is 0 Å². The molecule has 25 heavy (non-hydrogen) atoms. The molecule has 1 amide bonds. The molecule has 0 fully saturated rings. The molecule has 0 aliphatic carbocycles. The van der Waals surface area contributed by atoms with Gasteiger partial charge in [-0.25, -0.2) is 0 Å². The van der Waals surface area contributed by atoms with E-state index in [0.29, 0.717) is 11.9 Å². The molecule has 0 saturated carbocycles. The van der Waals surface area contributed by atoms with Gasteiger partial charge in [0.1, 0.15) is 0 Å². The van der Waals surface area contributed by atoms with Gasteiger partial charge in [0, 0.05) is 17.5 Å². The van der Waals surface area contributed by atoms with E-state index in [-0.39, 0.29) is 17.8 Å². The van der Waals surface area contributed by atoms with Crippen LogP contribution in [0.25, 0.3) is 10.9 Å². The zero-order chi connectivity index (χ0) is 18.0. The third-order valence-corrected chi connectivity index (χ3v) is 4.25. The highest BCUT2D eigenvalue weighted by Gasteiger charge is 2.10. The minimum absolute atomic E-state index is 0.0698. The molecular weight excluding hydrogens is 314 g/mol. The Morgan fingerprint density at radius 1 is 1.12 bits per heavy atom. The van der Waals surface area contributed by atoms with Crippen molar-refractivity contribution in [1.29, 1.82) is 0 Å². The molecule has 5 heteroatoms. The van der Waals surface area contributed by atoms with E-state index >= 15 is 0 Å². The molecule has 1 aromatic heterocycles. The Morgan fingerprint density at radius 2 is 1.80 bits per heavy atom. The van der Waals surface area contributed by atoms with Crippen molar-refractivity contribution in [3.05, 3.63) is 69.5 Å². The summed E-state index contributed by atoms with van der Waals surface area (Å²) in [5, 5.41) is 7.76. The molecule has 1 N–H and O–H groups in total. The number of aryl methyl sites for hydroxylation is 4. The summed E-state index contributed by atoms with van der Waals surface area (Å²) in [4.78, 5) is 24.2. The van der Waals surface area contributed by atoms with Gasteiger partial charge in [0.25, 0.3) is 0 Å². The first-order valence-corrected chi connectivity index (χ1v) is 8.28. The summed E-state index contributed by atoms with van der Waals surface area (Å²) in [6.07, 6.45) is 1.58. The van der Waals surface area contributed by atoms with E-state index in [1.165, 1.54) is 11.8 Å². The fourth-order valence-electron chi connectivity index (χ4n) is 3.13. The molecule has 0 spiro atoms. The van der Waals surface area contributed by atoms with Crippen molar-refractivity contribution in [3.8, 4) is 0 Å². The zero-order valence-electron chi connectivity index (χ0n) is 14.7. The number of aromatic nitrogens is 2. The number of para-hydroxylation sites is 1. The smallest absolute Gasteiger partial charge is 0.226 e. The average Bonchev–Trinajstić information content (AvgIpc) is 2.58. The zero-order valence-corrected chi connectivity index (χ0v) is 14.7. The van der Waals surface area contributed by atoms with Gasteiger partial charge in [-0.05, 0) is 44.0 Å². The molecule has 5 nitrogen and oxygen atoms in total. The summed E-state index contributed by atoms with van der Waals surface area (Å²) >= 11 is 0. The summed E-state index contributed by atoms with van der Waals surface area (Å²) in [5.74, 6) is -0.0698. The molecule has 3 rings (SSSR count). The van der Waals surface area contributed by atoms with E-state index < -0.39 is 0 Å². The summed E-state index contributed by atoms with van der Waals surface area (Å²) in [6, 6.07) is 11.4. The molecule has 0 atom stereocenters. The van der Waals surface area contributed by atoms with Crippen LogP contribution in [0.4, 0.5) is 5.69 Å². The first-order valence-electron chi connectivity index (χ1n) is 8.28. The number of benzene rings is 2. The van der Waals surface area contributed by atoms with Crippen LogP contribution in [-0.2, 0) is 11.3 Å². The molecule has 128 valence electrons. The first-order chi connectivity index (χ1) is 12.0. The number of hydrogen-bond donors (Lipinski definition) is 1. The summed E-state index contributed by atoms with van der Waals surface area (Å²) in [5.41, 5.74) is 4.79. The molecule has 3 aromatic rings. The fourth-order valence-corrected chi connectivity index (χ4v) is 3.13. The maximum absolute atomic E-state index is 12.4. The Labute approximate surface area is 146 Å². The van der Waals surface area contributed by atoms with Gasteiger partial charge in [-0.3, -0.25) is 14.3 Å². The topological polar surface area (TPSA) is 64.0 Å². The van der Waals surface area contributed by atoms with Crippen molar-refractivity contribution in [2.45, 2.75) is 33.7 Å². The van der Waals surface area contributed by atoms with Crippen LogP contribution in [0.3, 0.4) is 0 Å². The van der Waals surface area contributed by atoms with Crippen LogP contribution >= 0.6 is 0 Å². The van der Waals surface area contributed by atoms with Gasteiger partial charge >= 0.3 is 0 Å². The third kappa shape index (κ3) is 3.60. The van der Waals surface area contributed by atoms with Crippen LogP contribution in [-0.4, -0.2) is 15.7 Å². The van der Waals surface area contributed by atoms with Gasteiger partial charge in [0.15, 0.2) is 0 Å². The van der Waals surface area contributed by atoms with Gasteiger partial charge in [-0.1, -0.05) is 29.8 Å². The normalized spacial score (nSPS) is 10.8. The maximum Gasteiger partial charge on any atom is 0.226 e. The second-order valence-corrected chi connectivity index (χ2v) is 6.32. The highest BCUT2D eigenvalue weighted by Crippen LogP contribution is 2.22. The summed E-state index contributed by atoms with van der Waals surface area (Å²) < 4.78 is 1.70. The van der Waals surface area contributed by atoms with Gasteiger partial charge < -0.3 is 5.32 Å². The predicted octanol–water partition coefficient (Wildman–Crippen LogP) is 3.35. The Balaban J connectivity index is 1.76. The molecule has 0 bridgehead atoms. The van der Waals surface area contributed by atoms with Crippen molar-refractivity contribution < 1.29 is 4.79 Å². The lowest BCUT2D eigenvalue weighted by Gasteiger charge is -2.13. The standard InChI is InChI=1S/C20H21N3O2/c1-13-10-14(2)20(15(3)11-13)22-19(25)8-9-23-17-7-5-4-6-16(17)18(24)12-21-23/h4-7,10-12H,8-9H2,1-3H3,(H,22,25). The number of nitrogens with one attached hydrogen (secondary N) is 1. The van der Waals surface area contributed by atoms with E-state index in [1.807, 2.05) is 39.0 Å². The minimum atomic E-state index is -0.109. The molecule has 0 radical (unpaired) electrons. The molecular formula is C20H21N3O2. The first kappa shape index (κ1) is 16.9. The van der Waals surface area contributed by atoms with E-state index in [4.69, 9.17) is 0 Å². The number of carbonyl (C=O) groups excluding carboxylic acids is 1. The lowest BCUT2D eigenvalue weighted by atomic mass is 10.1. The van der Waals surface area contributed by atoms with Crippen LogP contribution in [0.5, 0.6) is 0 Å². The van der Waals surface area contributed by atoms with Crippen molar-refractivity contribution >= 4 is 22.5 Å². The number of fused-ring (bicyclic) bond motifs is 1. The Hall–Kier alpha value is -2.95. The van der Waals surface area contributed by atoms with Crippen molar-refractivity contribution in [2.24, 2.45) is 0 Å². The van der Waals surface area contributed by atoms with E-state index in [9.17, 15) is 9.59 Å². The molecule has 1 heterocycles. The number of rotatable bonds is 4. The Morgan fingerprint density at radius 3 is 2.52 bits per heavy atom. The Kier molecular flexibility index (Phi) is 4.65. The number of nitrogens with zero attached hydrogens (tertiary/aromatic N) is 2. The molecule has 0 saturated heterocycles. The fraction of sp³-hybridized carbons (Fsp3) is 0.250. The van der Waals surface area contributed by atoms with Crippen molar-refractivity contribution in [1.82, 2.24) is 9.78 Å². The monoisotopic (exact) mass is 335 g/mol. The molecule has 2 aromatic carbocycles. The average molecular weight is 335 g/mol. The van der Waals surface area contributed by atoms with Crippen molar-refractivity contribution in [3.63, 3.8) is 0 Å². The summed E-state index contributed by atoms with van der Waals surface area (Å²) in [7, 11) is 0. The van der Waals surface area contributed by atoms with Crippen LogP contribution in [0.15, 0.2) is 47.4 Å². The lowest BCUT2D eigenvalue weighted by Crippen LogP contribution is -2.18. The highest BCUT2D eigenvalue weighted by atomic mass is 16.1. The van der Waals surface area contributed by atoms with Crippen LogP contribution in [0.1, 0.15) is 23.1 Å². The van der Waals surface area contributed by atoms with Gasteiger partial charge in [-0.2, -0.15) is 5.10 Å². The molecule has 0 unspecified atom stereocenters. The minimum Gasteiger partial charge on any atom is -0.326 e. The van der Waals surface area contributed by atoms with Gasteiger partial charge in [0.2, 0.25) is 11.3 Å². The lowest BCUT2D eigenvalue weighted by molar-refractivity contribution is -0.116. The summed E-state index contributed by atoms with van der Waals surface area (Å²) in [6.45, 7) is 6.44. The largest absolute Gasteiger partial charge is 0.326 e. The second kappa shape index (κ2) is 6.89. The van der Waals surface area contributed by atoms with E-state index in [1.54, 1.807) is 10.7 Å². The number of anilines is 1.